The van der Waals surface area contributed by atoms with Crippen LogP contribution in [0.4, 0.5) is 5.69 Å². The molecular formula is C21H26N2O5. The van der Waals surface area contributed by atoms with Gasteiger partial charge < -0.3 is 24.8 Å². The van der Waals surface area contributed by atoms with Crippen LogP contribution in [0.1, 0.15) is 23.7 Å². The number of carbonyl (C=O) groups excluding carboxylic acids is 2. The SMILES string of the molecule is COCCCNC(=O)c1cccc(NC(=O)C(C)Oc2ccccc2OC)c1. The van der Waals surface area contributed by atoms with E-state index in [1.54, 1.807) is 63.6 Å². The first kappa shape index (κ1) is 21.2. The lowest BCUT2D eigenvalue weighted by atomic mass is 10.2. The van der Waals surface area contributed by atoms with Gasteiger partial charge in [0.05, 0.1) is 7.11 Å². The summed E-state index contributed by atoms with van der Waals surface area (Å²) in [6, 6.07) is 13.9. The average Bonchev–Trinajstić information content (AvgIpc) is 2.71. The topological polar surface area (TPSA) is 85.9 Å². The molecule has 2 rings (SSSR count). The van der Waals surface area contributed by atoms with Gasteiger partial charge in [-0.05, 0) is 43.7 Å². The summed E-state index contributed by atoms with van der Waals surface area (Å²) >= 11 is 0. The Bertz CT molecular complexity index is 794. The van der Waals surface area contributed by atoms with Gasteiger partial charge in [0.15, 0.2) is 17.6 Å². The first-order valence-corrected chi connectivity index (χ1v) is 9.03. The van der Waals surface area contributed by atoms with Crippen LogP contribution in [0.15, 0.2) is 48.5 Å². The fraction of sp³-hybridized carbons (Fsp3) is 0.333. The number of amides is 2. The van der Waals surface area contributed by atoms with Crippen molar-refractivity contribution in [2.24, 2.45) is 0 Å². The van der Waals surface area contributed by atoms with Crippen LogP contribution in [0.25, 0.3) is 0 Å². The lowest BCUT2D eigenvalue weighted by Gasteiger charge is -2.17. The van der Waals surface area contributed by atoms with E-state index in [-0.39, 0.29) is 11.8 Å². The molecule has 1 atom stereocenters. The molecule has 0 bridgehead atoms. The molecule has 0 aliphatic heterocycles. The van der Waals surface area contributed by atoms with E-state index >= 15 is 0 Å². The lowest BCUT2D eigenvalue weighted by Crippen LogP contribution is -2.30. The zero-order valence-corrected chi connectivity index (χ0v) is 16.4. The molecule has 2 aromatic rings. The summed E-state index contributed by atoms with van der Waals surface area (Å²) in [4.78, 5) is 24.6. The molecule has 0 aliphatic carbocycles. The number of anilines is 1. The summed E-state index contributed by atoms with van der Waals surface area (Å²) < 4.78 is 15.9. The molecule has 28 heavy (non-hydrogen) atoms. The number of carbonyl (C=O) groups is 2. The molecule has 1 unspecified atom stereocenters. The third-order valence-corrected chi connectivity index (χ3v) is 3.95. The Morgan fingerprint density at radius 2 is 1.79 bits per heavy atom. The van der Waals surface area contributed by atoms with E-state index in [1.165, 1.54) is 0 Å². The predicted octanol–water partition coefficient (Wildman–Crippen LogP) is 2.87. The van der Waals surface area contributed by atoms with E-state index in [1.807, 2.05) is 6.07 Å². The second-order valence-electron chi connectivity index (χ2n) is 6.08. The molecule has 150 valence electrons. The Morgan fingerprint density at radius 3 is 2.50 bits per heavy atom. The highest BCUT2D eigenvalue weighted by Gasteiger charge is 2.17. The van der Waals surface area contributed by atoms with E-state index in [2.05, 4.69) is 10.6 Å². The molecule has 0 aliphatic rings. The van der Waals surface area contributed by atoms with E-state index < -0.39 is 6.10 Å². The number of ether oxygens (including phenoxy) is 3. The maximum atomic E-state index is 12.5. The van der Waals surface area contributed by atoms with Gasteiger partial charge in [-0.1, -0.05) is 18.2 Å². The summed E-state index contributed by atoms with van der Waals surface area (Å²) in [6.45, 7) is 2.75. The quantitative estimate of drug-likeness (QED) is 0.613. The van der Waals surface area contributed by atoms with Crippen LogP contribution in [0, 0.1) is 0 Å². The van der Waals surface area contributed by atoms with Gasteiger partial charge in [0.2, 0.25) is 0 Å². The molecule has 2 aromatic carbocycles. The standard InChI is InChI=1S/C21H26N2O5/c1-15(28-19-11-5-4-10-18(19)27-3)20(24)23-17-9-6-8-16(14-17)21(25)22-12-7-13-26-2/h4-6,8-11,14-15H,7,12-13H2,1-3H3,(H,22,25)(H,23,24). The van der Waals surface area contributed by atoms with Crippen molar-refractivity contribution in [2.45, 2.75) is 19.4 Å². The van der Waals surface area contributed by atoms with Crippen molar-refractivity contribution in [2.75, 3.05) is 32.7 Å². The minimum absolute atomic E-state index is 0.203. The maximum Gasteiger partial charge on any atom is 0.265 e. The largest absolute Gasteiger partial charge is 0.493 e. The fourth-order valence-electron chi connectivity index (χ4n) is 2.46. The molecule has 2 N–H and O–H groups in total. The predicted molar refractivity (Wildman–Crippen MR) is 107 cm³/mol. The average molecular weight is 386 g/mol. The van der Waals surface area contributed by atoms with Crippen LogP contribution < -0.4 is 20.1 Å². The van der Waals surface area contributed by atoms with Gasteiger partial charge in [-0.2, -0.15) is 0 Å². The van der Waals surface area contributed by atoms with E-state index in [0.717, 1.165) is 6.42 Å². The molecule has 0 spiro atoms. The molecule has 2 amide bonds. The van der Waals surface area contributed by atoms with Crippen molar-refractivity contribution >= 4 is 17.5 Å². The van der Waals surface area contributed by atoms with Gasteiger partial charge in [0.1, 0.15) is 0 Å². The van der Waals surface area contributed by atoms with Crippen LogP contribution >= 0.6 is 0 Å². The van der Waals surface area contributed by atoms with Gasteiger partial charge in [0, 0.05) is 31.5 Å². The summed E-state index contributed by atoms with van der Waals surface area (Å²) in [5.41, 5.74) is 0.985. The Kier molecular flexibility index (Phi) is 8.30. The summed E-state index contributed by atoms with van der Waals surface area (Å²) in [5, 5.41) is 5.58. The van der Waals surface area contributed by atoms with E-state index in [9.17, 15) is 9.59 Å². The normalized spacial score (nSPS) is 11.4. The molecule has 0 saturated carbocycles. The number of para-hydroxylation sites is 2. The number of benzene rings is 2. The van der Waals surface area contributed by atoms with Gasteiger partial charge in [-0.3, -0.25) is 9.59 Å². The van der Waals surface area contributed by atoms with Gasteiger partial charge in [-0.25, -0.2) is 0 Å². The van der Waals surface area contributed by atoms with E-state index in [4.69, 9.17) is 14.2 Å². The number of rotatable bonds is 10. The Labute approximate surface area is 165 Å². The zero-order valence-electron chi connectivity index (χ0n) is 16.4. The number of hydrogen-bond acceptors (Lipinski definition) is 5. The van der Waals surface area contributed by atoms with Gasteiger partial charge >= 0.3 is 0 Å². The van der Waals surface area contributed by atoms with Crippen molar-refractivity contribution in [3.63, 3.8) is 0 Å². The first-order valence-electron chi connectivity index (χ1n) is 9.03. The Hall–Kier alpha value is -3.06. The number of hydrogen-bond donors (Lipinski definition) is 2. The smallest absolute Gasteiger partial charge is 0.265 e. The second-order valence-corrected chi connectivity index (χ2v) is 6.08. The first-order chi connectivity index (χ1) is 13.5. The van der Waals surface area contributed by atoms with Crippen molar-refractivity contribution in [3.8, 4) is 11.5 Å². The maximum absolute atomic E-state index is 12.5. The summed E-state index contributed by atoms with van der Waals surface area (Å²) in [6.07, 6.45) is -0.0148. The van der Waals surface area contributed by atoms with Crippen molar-refractivity contribution in [3.05, 3.63) is 54.1 Å². The molecule has 7 nitrogen and oxygen atoms in total. The highest BCUT2D eigenvalue weighted by Crippen LogP contribution is 2.27. The fourth-order valence-corrected chi connectivity index (χ4v) is 2.46. The Morgan fingerprint density at radius 1 is 1.04 bits per heavy atom. The van der Waals surface area contributed by atoms with Crippen molar-refractivity contribution in [1.29, 1.82) is 0 Å². The molecule has 0 aromatic heterocycles. The third kappa shape index (κ3) is 6.28. The molecular weight excluding hydrogens is 360 g/mol. The highest BCUT2D eigenvalue weighted by atomic mass is 16.5. The second kappa shape index (κ2) is 10.9. The lowest BCUT2D eigenvalue weighted by molar-refractivity contribution is -0.122. The van der Waals surface area contributed by atoms with Crippen LogP contribution in [0.2, 0.25) is 0 Å². The molecule has 0 heterocycles. The third-order valence-electron chi connectivity index (χ3n) is 3.95. The number of nitrogens with one attached hydrogen (secondary N) is 2. The highest BCUT2D eigenvalue weighted by molar-refractivity contribution is 5.98. The van der Waals surface area contributed by atoms with Crippen LogP contribution in [-0.2, 0) is 9.53 Å². The van der Waals surface area contributed by atoms with Crippen LogP contribution in [-0.4, -0.2) is 45.3 Å². The van der Waals surface area contributed by atoms with Crippen molar-refractivity contribution < 1.29 is 23.8 Å². The number of methoxy groups -OCH3 is 2. The summed E-state index contributed by atoms with van der Waals surface area (Å²) in [5.74, 6) is 0.500. The molecule has 0 fully saturated rings. The van der Waals surface area contributed by atoms with Gasteiger partial charge in [0.25, 0.3) is 11.8 Å². The zero-order chi connectivity index (χ0) is 20.4. The van der Waals surface area contributed by atoms with Crippen LogP contribution in [0.3, 0.4) is 0 Å². The van der Waals surface area contributed by atoms with E-state index in [0.29, 0.717) is 35.9 Å². The van der Waals surface area contributed by atoms with Crippen molar-refractivity contribution in [1.82, 2.24) is 5.32 Å². The van der Waals surface area contributed by atoms with Gasteiger partial charge in [-0.15, -0.1) is 0 Å². The molecule has 0 saturated heterocycles. The summed E-state index contributed by atoms with van der Waals surface area (Å²) in [7, 11) is 3.16. The monoisotopic (exact) mass is 386 g/mol. The Balaban J connectivity index is 1.95. The van der Waals surface area contributed by atoms with Crippen LogP contribution in [0.5, 0.6) is 11.5 Å². The molecule has 7 heteroatoms. The minimum atomic E-state index is -0.747. The minimum Gasteiger partial charge on any atom is -0.493 e. The molecule has 0 radical (unpaired) electrons.